The highest BCUT2D eigenvalue weighted by molar-refractivity contribution is 7.99. The van der Waals surface area contributed by atoms with Gasteiger partial charge in [0.1, 0.15) is 5.75 Å². The summed E-state index contributed by atoms with van der Waals surface area (Å²) in [6.07, 6.45) is 9.40. The van der Waals surface area contributed by atoms with Gasteiger partial charge in [-0.05, 0) is 54.8 Å². The maximum Gasteiger partial charge on any atom is 0.152 e. The van der Waals surface area contributed by atoms with E-state index in [1.807, 2.05) is 37.7 Å². The van der Waals surface area contributed by atoms with E-state index in [4.69, 9.17) is 16.2 Å². The second-order valence-corrected chi connectivity index (χ2v) is 6.57. The number of thioether (sulfide) groups is 1. The van der Waals surface area contributed by atoms with E-state index in [9.17, 15) is 4.79 Å². The molecule has 0 aromatic heterocycles. The number of hydrogen-bond acceptors (Lipinski definition) is 5. The second-order valence-electron chi connectivity index (χ2n) is 5.35. The number of nitrogens with two attached hydrogens (primary N) is 2. The van der Waals surface area contributed by atoms with Crippen molar-refractivity contribution in [1.82, 2.24) is 0 Å². The Hall–Kier alpha value is -1.72. The Labute approximate surface area is 155 Å². The first-order valence-electron chi connectivity index (χ1n) is 8.91. The third-order valence-corrected chi connectivity index (χ3v) is 4.75. The molecule has 0 saturated carbocycles. The molecule has 4 nitrogen and oxygen atoms in total. The fourth-order valence-electron chi connectivity index (χ4n) is 2.50. The van der Waals surface area contributed by atoms with Crippen molar-refractivity contribution in [2.24, 2.45) is 11.5 Å². The molecule has 1 aromatic rings. The molecule has 138 valence electrons. The van der Waals surface area contributed by atoms with Crippen LogP contribution in [0.15, 0.2) is 24.4 Å². The van der Waals surface area contributed by atoms with Crippen LogP contribution < -0.4 is 16.2 Å². The maximum atomic E-state index is 11.1. The first-order chi connectivity index (χ1) is 12.3. The summed E-state index contributed by atoms with van der Waals surface area (Å²) < 4.78 is 5.95. The van der Waals surface area contributed by atoms with Gasteiger partial charge in [-0.2, -0.15) is 11.8 Å². The minimum atomic E-state index is 0.487. The van der Waals surface area contributed by atoms with Crippen molar-refractivity contribution in [3.05, 3.63) is 41.1 Å². The van der Waals surface area contributed by atoms with Gasteiger partial charge >= 0.3 is 0 Å². The first-order valence-corrected chi connectivity index (χ1v) is 10.1. The van der Waals surface area contributed by atoms with Crippen LogP contribution in [0, 0.1) is 0 Å². The van der Waals surface area contributed by atoms with Gasteiger partial charge in [-0.25, -0.2) is 0 Å². The molecule has 5 heteroatoms. The predicted octanol–water partition coefficient (Wildman–Crippen LogP) is 3.63. The fraction of sp³-hybridized carbons (Fsp3) is 0.450. The molecule has 0 bridgehead atoms. The molecule has 1 aliphatic carbocycles. The van der Waals surface area contributed by atoms with Crippen molar-refractivity contribution in [2.45, 2.75) is 33.1 Å². The van der Waals surface area contributed by atoms with Crippen molar-refractivity contribution < 1.29 is 9.53 Å². The van der Waals surface area contributed by atoms with E-state index in [0.29, 0.717) is 12.2 Å². The average Bonchev–Trinajstić information content (AvgIpc) is 3.12. The number of ether oxygens (including phenoxy) is 1. The zero-order chi connectivity index (χ0) is 18.5. The quantitative estimate of drug-likeness (QED) is 0.377. The second kappa shape index (κ2) is 12.6. The number of benzene rings is 1. The van der Waals surface area contributed by atoms with Gasteiger partial charge in [0.2, 0.25) is 0 Å². The van der Waals surface area contributed by atoms with Crippen LogP contribution in [0.25, 0.3) is 11.6 Å². The van der Waals surface area contributed by atoms with Gasteiger partial charge in [0.25, 0.3) is 0 Å². The number of fused-ring (bicyclic) bond motifs is 1. The summed E-state index contributed by atoms with van der Waals surface area (Å²) in [5, 5.41) is 0. The van der Waals surface area contributed by atoms with Gasteiger partial charge < -0.3 is 16.2 Å². The van der Waals surface area contributed by atoms with E-state index in [1.54, 1.807) is 0 Å². The Bertz CT molecular complexity index is 598. The van der Waals surface area contributed by atoms with Crippen LogP contribution in [0.2, 0.25) is 0 Å². The molecule has 0 saturated heterocycles. The molecule has 2 rings (SSSR count). The lowest BCUT2D eigenvalue weighted by atomic mass is 10.0. The summed E-state index contributed by atoms with van der Waals surface area (Å²) in [4.78, 5) is 11.1. The molecule has 1 aromatic carbocycles. The van der Waals surface area contributed by atoms with E-state index in [-0.39, 0.29) is 0 Å². The number of hydrogen-bond donors (Lipinski definition) is 2. The lowest BCUT2D eigenvalue weighted by Gasteiger charge is -2.13. The number of unbranched alkanes of at least 4 members (excludes halogenated alkanes) is 1. The van der Waals surface area contributed by atoms with E-state index >= 15 is 0 Å². The molecule has 0 aliphatic heterocycles. The highest BCUT2D eigenvalue weighted by Gasteiger charge is 2.14. The molecule has 4 N–H and O–H groups in total. The van der Waals surface area contributed by atoms with Crippen molar-refractivity contribution in [1.29, 1.82) is 0 Å². The number of carbonyl (C=O) groups is 1. The zero-order valence-corrected chi connectivity index (χ0v) is 16.1. The topological polar surface area (TPSA) is 78.3 Å². The van der Waals surface area contributed by atoms with Gasteiger partial charge in [-0.15, -0.1) is 0 Å². The minimum Gasteiger partial charge on any atom is -0.492 e. The molecule has 0 spiro atoms. The summed E-state index contributed by atoms with van der Waals surface area (Å²) >= 11 is 1.88. The number of rotatable bonds is 10. The SMILES string of the molecule is CC.N/C=C(\C=O)c1cc2c(c(OCCSCCCCN)c1)C=CC2. The van der Waals surface area contributed by atoms with Crippen LogP contribution in [0.3, 0.4) is 0 Å². The third-order valence-electron chi connectivity index (χ3n) is 3.72. The predicted molar refractivity (Wildman–Crippen MR) is 110 cm³/mol. The molecule has 0 atom stereocenters. The number of aldehydes is 1. The van der Waals surface area contributed by atoms with Crippen LogP contribution in [-0.2, 0) is 11.2 Å². The lowest BCUT2D eigenvalue weighted by molar-refractivity contribution is -0.103. The summed E-state index contributed by atoms with van der Waals surface area (Å²) in [5.41, 5.74) is 14.6. The molecular formula is C20H30N2O2S. The molecule has 0 unspecified atom stereocenters. The minimum absolute atomic E-state index is 0.487. The van der Waals surface area contributed by atoms with Crippen LogP contribution in [-0.4, -0.2) is 30.9 Å². The molecule has 0 heterocycles. The van der Waals surface area contributed by atoms with Crippen molar-refractivity contribution in [2.75, 3.05) is 24.7 Å². The Balaban J connectivity index is 0.00000151. The fourth-order valence-corrected chi connectivity index (χ4v) is 3.31. The van der Waals surface area contributed by atoms with Crippen LogP contribution in [0.5, 0.6) is 5.75 Å². The monoisotopic (exact) mass is 362 g/mol. The number of carbonyl (C=O) groups excluding carboxylic acids is 1. The highest BCUT2D eigenvalue weighted by Crippen LogP contribution is 2.33. The van der Waals surface area contributed by atoms with Crippen molar-refractivity contribution in [3.63, 3.8) is 0 Å². The van der Waals surface area contributed by atoms with Gasteiger partial charge in [0.15, 0.2) is 6.29 Å². The van der Waals surface area contributed by atoms with Crippen molar-refractivity contribution >= 4 is 29.7 Å². The van der Waals surface area contributed by atoms with Gasteiger partial charge in [-0.3, -0.25) is 4.79 Å². The molecular weight excluding hydrogens is 332 g/mol. The summed E-state index contributed by atoms with van der Waals surface area (Å²) in [7, 11) is 0. The Morgan fingerprint density at radius 2 is 2.08 bits per heavy atom. The maximum absolute atomic E-state index is 11.1. The molecule has 25 heavy (non-hydrogen) atoms. The molecule has 1 aliphatic rings. The smallest absolute Gasteiger partial charge is 0.152 e. The Kier molecular flexibility index (Phi) is 10.8. The first kappa shape index (κ1) is 21.3. The van der Waals surface area contributed by atoms with Crippen LogP contribution >= 0.6 is 11.8 Å². The van der Waals surface area contributed by atoms with Gasteiger partial charge in [-0.1, -0.05) is 26.0 Å². The number of allylic oxidation sites excluding steroid dienone is 2. The molecule has 0 amide bonds. The standard InChI is InChI=1S/C18H24N2O2S.C2H6/c19-6-1-2-8-23-9-7-22-18-11-15(16(12-20)13-21)10-14-4-3-5-17(14)18;1-2/h3,5,10-13H,1-2,4,6-9,19-20H2;1-2H3/b16-12+;. The Morgan fingerprint density at radius 3 is 2.76 bits per heavy atom. The van der Waals surface area contributed by atoms with Gasteiger partial charge in [0, 0.05) is 23.1 Å². The summed E-state index contributed by atoms with van der Waals surface area (Å²) in [5.74, 6) is 2.89. The zero-order valence-electron chi connectivity index (χ0n) is 15.3. The van der Waals surface area contributed by atoms with E-state index < -0.39 is 0 Å². The molecule has 0 fully saturated rings. The normalized spacial score (nSPS) is 12.4. The lowest BCUT2D eigenvalue weighted by Crippen LogP contribution is -2.04. The summed E-state index contributed by atoms with van der Waals surface area (Å²) in [6, 6.07) is 3.91. The van der Waals surface area contributed by atoms with E-state index in [1.165, 1.54) is 11.8 Å². The molecule has 0 radical (unpaired) electrons. The van der Waals surface area contributed by atoms with Crippen LogP contribution in [0.1, 0.15) is 43.4 Å². The van der Waals surface area contributed by atoms with Crippen LogP contribution in [0.4, 0.5) is 0 Å². The van der Waals surface area contributed by atoms with Crippen molar-refractivity contribution in [3.8, 4) is 5.75 Å². The average molecular weight is 363 g/mol. The van der Waals surface area contributed by atoms with Gasteiger partial charge in [0.05, 0.1) is 6.61 Å². The van der Waals surface area contributed by atoms with E-state index in [2.05, 4.69) is 12.2 Å². The summed E-state index contributed by atoms with van der Waals surface area (Å²) in [6.45, 7) is 5.41. The van der Waals surface area contributed by atoms with E-state index in [0.717, 1.165) is 60.5 Å². The largest absolute Gasteiger partial charge is 0.492 e. The Morgan fingerprint density at radius 1 is 1.28 bits per heavy atom. The third kappa shape index (κ3) is 6.59. The highest BCUT2D eigenvalue weighted by atomic mass is 32.2.